The molecular formula is C20H15Cl2N5O3. The van der Waals surface area contributed by atoms with Gasteiger partial charge in [0.1, 0.15) is 11.4 Å². The quantitative estimate of drug-likeness (QED) is 0.337. The first kappa shape index (κ1) is 20.1. The number of carbonyl (C=O) groups is 2. The first-order valence-corrected chi connectivity index (χ1v) is 9.61. The Morgan fingerprint density at radius 2 is 2.00 bits per heavy atom. The van der Waals surface area contributed by atoms with Crippen LogP contribution in [0.2, 0.25) is 10.0 Å². The van der Waals surface area contributed by atoms with Crippen molar-refractivity contribution < 1.29 is 14.1 Å². The summed E-state index contributed by atoms with van der Waals surface area (Å²) in [6, 6.07) is 3.54. The Morgan fingerprint density at radius 3 is 2.63 bits per heavy atom. The lowest BCUT2D eigenvalue weighted by Gasteiger charge is -2.21. The summed E-state index contributed by atoms with van der Waals surface area (Å²) in [5.41, 5.74) is 2.85. The largest absolute Gasteiger partial charge is 0.361 e. The van der Waals surface area contributed by atoms with E-state index in [1.807, 2.05) is 18.4 Å². The lowest BCUT2D eigenvalue weighted by molar-refractivity contribution is -0.129. The van der Waals surface area contributed by atoms with E-state index >= 15 is 0 Å². The van der Waals surface area contributed by atoms with E-state index in [9.17, 15) is 9.59 Å². The summed E-state index contributed by atoms with van der Waals surface area (Å²) < 4.78 is 7.11. The van der Waals surface area contributed by atoms with Gasteiger partial charge < -0.3 is 9.09 Å². The molecule has 10 heteroatoms. The molecule has 0 atom stereocenters. The molecule has 0 N–H and O–H groups in total. The predicted octanol–water partition coefficient (Wildman–Crippen LogP) is 4.25. The van der Waals surface area contributed by atoms with E-state index < -0.39 is 5.91 Å². The molecule has 0 aliphatic carbocycles. The van der Waals surface area contributed by atoms with Crippen molar-refractivity contribution in [3.05, 3.63) is 64.0 Å². The molecule has 0 fully saturated rings. The molecule has 0 bridgehead atoms. The molecule has 0 saturated carbocycles. The van der Waals surface area contributed by atoms with Gasteiger partial charge in [-0.1, -0.05) is 28.4 Å². The van der Waals surface area contributed by atoms with E-state index in [0.717, 1.165) is 11.3 Å². The maximum absolute atomic E-state index is 12.7. The highest BCUT2D eigenvalue weighted by Gasteiger charge is 2.27. The van der Waals surface area contributed by atoms with E-state index in [4.69, 9.17) is 27.7 Å². The molecule has 0 saturated heterocycles. The molecule has 152 valence electrons. The number of halogens is 2. The summed E-state index contributed by atoms with van der Waals surface area (Å²) in [7, 11) is 0. The van der Waals surface area contributed by atoms with Gasteiger partial charge in [-0.25, -0.2) is 4.98 Å². The van der Waals surface area contributed by atoms with Crippen molar-refractivity contribution in [2.45, 2.75) is 20.4 Å². The number of fused-ring (bicyclic) bond motifs is 1. The van der Waals surface area contributed by atoms with Crippen molar-refractivity contribution in [3.8, 4) is 0 Å². The van der Waals surface area contributed by atoms with E-state index in [1.165, 1.54) is 17.3 Å². The van der Waals surface area contributed by atoms with Crippen LogP contribution in [-0.2, 0) is 16.1 Å². The fourth-order valence-corrected chi connectivity index (χ4v) is 3.85. The van der Waals surface area contributed by atoms with Crippen LogP contribution in [0.1, 0.15) is 17.0 Å². The van der Waals surface area contributed by atoms with Gasteiger partial charge in [-0.3, -0.25) is 19.5 Å². The maximum Gasteiger partial charge on any atom is 0.295 e. The van der Waals surface area contributed by atoms with Crippen molar-refractivity contribution in [3.63, 3.8) is 0 Å². The molecule has 30 heavy (non-hydrogen) atoms. The van der Waals surface area contributed by atoms with Gasteiger partial charge in [-0.15, -0.1) is 0 Å². The number of rotatable bonds is 5. The van der Waals surface area contributed by atoms with E-state index in [0.29, 0.717) is 29.0 Å². The molecule has 4 aromatic heterocycles. The van der Waals surface area contributed by atoms with Crippen LogP contribution in [0.15, 0.2) is 41.4 Å². The highest BCUT2D eigenvalue weighted by Crippen LogP contribution is 2.40. The molecule has 0 spiro atoms. The zero-order valence-corrected chi connectivity index (χ0v) is 17.5. The molecule has 0 aromatic carbocycles. The van der Waals surface area contributed by atoms with Gasteiger partial charge in [0, 0.05) is 35.7 Å². The fourth-order valence-electron chi connectivity index (χ4n) is 3.32. The molecule has 8 nitrogen and oxygen atoms in total. The summed E-state index contributed by atoms with van der Waals surface area (Å²) in [5, 5.41) is 4.89. The van der Waals surface area contributed by atoms with Crippen molar-refractivity contribution in [2.75, 3.05) is 4.90 Å². The van der Waals surface area contributed by atoms with E-state index in [1.54, 1.807) is 24.5 Å². The van der Waals surface area contributed by atoms with Crippen LogP contribution in [0.5, 0.6) is 0 Å². The molecule has 0 aliphatic rings. The van der Waals surface area contributed by atoms with Crippen LogP contribution < -0.4 is 4.90 Å². The topological polar surface area (TPSA) is 94.1 Å². The molecule has 4 aromatic rings. The number of hydrogen-bond donors (Lipinski definition) is 0. The summed E-state index contributed by atoms with van der Waals surface area (Å²) in [6.45, 7) is 4.09. The highest BCUT2D eigenvalue weighted by atomic mass is 35.5. The zero-order chi connectivity index (χ0) is 21.4. The lowest BCUT2D eigenvalue weighted by Crippen LogP contribution is -2.27. The third kappa shape index (κ3) is 3.34. The monoisotopic (exact) mass is 443 g/mol. The second-order valence-electron chi connectivity index (χ2n) is 6.56. The van der Waals surface area contributed by atoms with Gasteiger partial charge in [0.25, 0.3) is 5.91 Å². The van der Waals surface area contributed by atoms with Crippen LogP contribution in [0.25, 0.3) is 11.0 Å². The van der Waals surface area contributed by atoms with Crippen LogP contribution in [-0.4, -0.2) is 31.9 Å². The minimum atomic E-state index is -0.828. The van der Waals surface area contributed by atoms with Gasteiger partial charge in [0.05, 0.1) is 33.7 Å². The maximum atomic E-state index is 12.7. The number of amides is 1. The Kier molecular flexibility index (Phi) is 5.27. The van der Waals surface area contributed by atoms with Crippen LogP contribution >= 0.6 is 23.2 Å². The van der Waals surface area contributed by atoms with Gasteiger partial charge in [0.2, 0.25) is 6.29 Å². The van der Waals surface area contributed by atoms with E-state index in [2.05, 4.69) is 15.1 Å². The van der Waals surface area contributed by atoms with Gasteiger partial charge >= 0.3 is 0 Å². The highest BCUT2D eigenvalue weighted by molar-refractivity contribution is 6.43. The average molecular weight is 444 g/mol. The molecule has 0 unspecified atom stereocenters. The number of carbonyl (C=O) groups excluding carboxylic acids is 2. The SMILES string of the molecule is Cc1noc(C)c1Cn1cc(N(C(=O)C=O)c2c(Cl)cncc2Cl)c2cccnc21. The van der Waals surface area contributed by atoms with Crippen molar-refractivity contribution in [1.82, 2.24) is 19.7 Å². The molecular weight excluding hydrogens is 429 g/mol. The second-order valence-corrected chi connectivity index (χ2v) is 7.38. The Morgan fingerprint density at radius 1 is 1.27 bits per heavy atom. The smallest absolute Gasteiger partial charge is 0.295 e. The van der Waals surface area contributed by atoms with E-state index in [-0.39, 0.29) is 22.0 Å². The minimum Gasteiger partial charge on any atom is -0.361 e. The number of anilines is 2. The molecule has 1 amide bonds. The standard InChI is InChI=1S/C20H15Cl2N5O3/c1-11-14(12(2)30-25-11)8-26-9-17(13-4-3-5-24-20(13)26)27(18(29)10-28)19-15(21)6-23-7-16(19)22/h3-7,9-10H,8H2,1-2H3. The normalized spacial score (nSPS) is 11.1. The summed E-state index contributed by atoms with van der Waals surface area (Å²) in [4.78, 5) is 33.7. The number of pyridine rings is 2. The molecule has 4 heterocycles. The average Bonchev–Trinajstić information content (AvgIpc) is 3.25. The number of hydrogen-bond acceptors (Lipinski definition) is 6. The van der Waals surface area contributed by atoms with Crippen LogP contribution in [0.4, 0.5) is 11.4 Å². The van der Waals surface area contributed by atoms with Crippen LogP contribution in [0, 0.1) is 13.8 Å². The minimum absolute atomic E-state index is 0.133. The van der Waals surface area contributed by atoms with Crippen molar-refractivity contribution in [1.29, 1.82) is 0 Å². The lowest BCUT2D eigenvalue weighted by atomic mass is 10.2. The zero-order valence-electron chi connectivity index (χ0n) is 16.0. The Bertz CT molecular complexity index is 1240. The van der Waals surface area contributed by atoms with Crippen LogP contribution in [0.3, 0.4) is 0 Å². The Labute approximate surface area is 181 Å². The fraction of sp³-hybridized carbons (Fsp3) is 0.150. The molecule has 4 rings (SSSR count). The summed E-state index contributed by atoms with van der Waals surface area (Å²) in [5.74, 6) is -0.141. The summed E-state index contributed by atoms with van der Waals surface area (Å²) in [6.07, 6.45) is 6.29. The summed E-state index contributed by atoms with van der Waals surface area (Å²) >= 11 is 12.6. The predicted molar refractivity (Wildman–Crippen MR) is 112 cm³/mol. The second kappa shape index (κ2) is 7.89. The molecule has 0 radical (unpaired) electrons. The number of aldehydes is 1. The Balaban J connectivity index is 1.95. The Hall–Kier alpha value is -3.23. The van der Waals surface area contributed by atoms with Crippen molar-refractivity contribution in [2.24, 2.45) is 0 Å². The van der Waals surface area contributed by atoms with Gasteiger partial charge in [-0.05, 0) is 26.0 Å². The number of nitrogens with zero attached hydrogens (tertiary/aromatic N) is 5. The van der Waals surface area contributed by atoms with Gasteiger partial charge in [0.15, 0.2) is 0 Å². The third-order valence-electron chi connectivity index (χ3n) is 4.74. The number of aromatic nitrogens is 4. The number of aryl methyl sites for hydroxylation is 2. The first-order valence-electron chi connectivity index (χ1n) is 8.86. The van der Waals surface area contributed by atoms with Crippen molar-refractivity contribution >= 4 is 57.8 Å². The third-order valence-corrected chi connectivity index (χ3v) is 5.29. The molecule has 0 aliphatic heterocycles. The van der Waals surface area contributed by atoms with Gasteiger partial charge in [-0.2, -0.15) is 0 Å². The first-order chi connectivity index (χ1) is 14.4.